The summed E-state index contributed by atoms with van der Waals surface area (Å²) < 4.78 is 5.86. The number of nitrogens with zero attached hydrogens (tertiary/aromatic N) is 3. The largest absolute Gasteiger partial charge is 0.471 e. The first kappa shape index (κ1) is 15.0. The van der Waals surface area contributed by atoms with E-state index < -0.39 is 0 Å². The van der Waals surface area contributed by atoms with Crippen molar-refractivity contribution in [2.45, 2.75) is 32.3 Å². The number of aromatic nitrogens is 2. The maximum atomic E-state index is 12.4. The Labute approximate surface area is 133 Å². The fourth-order valence-corrected chi connectivity index (χ4v) is 3.23. The molecule has 1 fully saturated rings. The number of carbonyl (C=O) groups is 1. The number of ether oxygens (including phenoxy) is 1. The lowest BCUT2D eigenvalue weighted by atomic mass is 10.1. The van der Waals surface area contributed by atoms with Crippen LogP contribution in [0.25, 0.3) is 0 Å². The summed E-state index contributed by atoms with van der Waals surface area (Å²) in [7, 11) is 0. The fraction of sp³-hybridized carbons (Fsp3) is 0.438. The highest BCUT2D eigenvalue weighted by Crippen LogP contribution is 2.18. The summed E-state index contributed by atoms with van der Waals surface area (Å²) in [6.45, 7) is 3.32. The SMILES string of the molecule is Cc1ccc(OC2CCCN(C(=O)Cc3ccsc3)C2)nn1. The second kappa shape index (κ2) is 6.87. The Bertz CT molecular complexity index is 613. The van der Waals surface area contributed by atoms with Gasteiger partial charge >= 0.3 is 0 Å². The molecule has 0 N–H and O–H groups in total. The van der Waals surface area contributed by atoms with Gasteiger partial charge in [-0.2, -0.15) is 16.4 Å². The summed E-state index contributed by atoms with van der Waals surface area (Å²) in [4.78, 5) is 14.3. The molecule has 1 unspecified atom stereocenters. The van der Waals surface area contributed by atoms with Crippen molar-refractivity contribution in [2.75, 3.05) is 13.1 Å². The summed E-state index contributed by atoms with van der Waals surface area (Å²) in [5.74, 6) is 0.699. The third kappa shape index (κ3) is 3.82. The van der Waals surface area contributed by atoms with Crippen LogP contribution >= 0.6 is 11.3 Å². The zero-order valence-corrected chi connectivity index (χ0v) is 13.4. The lowest BCUT2D eigenvalue weighted by molar-refractivity contribution is -0.133. The van der Waals surface area contributed by atoms with Gasteiger partial charge in [-0.1, -0.05) is 0 Å². The van der Waals surface area contributed by atoms with Crippen molar-refractivity contribution < 1.29 is 9.53 Å². The van der Waals surface area contributed by atoms with E-state index in [-0.39, 0.29) is 12.0 Å². The van der Waals surface area contributed by atoms with Crippen molar-refractivity contribution in [1.29, 1.82) is 0 Å². The number of piperidine rings is 1. The molecule has 0 aromatic carbocycles. The lowest BCUT2D eigenvalue weighted by Gasteiger charge is -2.32. The molecule has 1 amide bonds. The van der Waals surface area contributed by atoms with Crippen molar-refractivity contribution in [3.63, 3.8) is 0 Å². The van der Waals surface area contributed by atoms with Gasteiger partial charge < -0.3 is 9.64 Å². The van der Waals surface area contributed by atoms with Gasteiger partial charge in [0.25, 0.3) is 0 Å². The lowest BCUT2D eigenvalue weighted by Crippen LogP contribution is -2.45. The van der Waals surface area contributed by atoms with Crippen LogP contribution in [0.1, 0.15) is 24.1 Å². The number of likely N-dealkylation sites (tertiary alicyclic amines) is 1. The molecule has 3 rings (SSSR count). The number of aryl methyl sites for hydroxylation is 1. The minimum atomic E-state index is -0.00261. The van der Waals surface area contributed by atoms with Crippen molar-refractivity contribution in [3.8, 4) is 5.88 Å². The molecule has 116 valence electrons. The zero-order valence-electron chi connectivity index (χ0n) is 12.6. The minimum Gasteiger partial charge on any atom is -0.471 e. The van der Waals surface area contributed by atoms with E-state index in [9.17, 15) is 4.79 Å². The third-order valence-corrected chi connectivity index (χ3v) is 4.46. The normalized spacial score (nSPS) is 18.2. The van der Waals surface area contributed by atoms with E-state index in [1.807, 2.05) is 40.8 Å². The standard InChI is InChI=1S/C16H19N3O2S/c1-12-4-5-15(18-17-12)21-14-3-2-7-19(10-14)16(20)9-13-6-8-22-11-13/h4-6,8,11,14H,2-3,7,9-10H2,1H3. The Kier molecular flexibility index (Phi) is 4.68. The Morgan fingerprint density at radius 1 is 1.41 bits per heavy atom. The van der Waals surface area contributed by atoms with Crippen molar-refractivity contribution in [1.82, 2.24) is 15.1 Å². The second-order valence-electron chi connectivity index (χ2n) is 5.54. The average molecular weight is 317 g/mol. The van der Waals surface area contributed by atoms with E-state index in [0.29, 0.717) is 18.8 Å². The molecular weight excluding hydrogens is 298 g/mol. The number of amides is 1. The molecule has 2 aromatic heterocycles. The summed E-state index contributed by atoms with van der Waals surface area (Å²) in [6.07, 6.45) is 2.37. The van der Waals surface area contributed by atoms with Crippen LogP contribution in [0.5, 0.6) is 5.88 Å². The van der Waals surface area contributed by atoms with Crippen molar-refractivity contribution in [3.05, 3.63) is 40.2 Å². The van der Waals surface area contributed by atoms with Crippen LogP contribution in [-0.4, -0.2) is 40.2 Å². The van der Waals surface area contributed by atoms with E-state index in [2.05, 4.69) is 10.2 Å². The van der Waals surface area contributed by atoms with Crippen molar-refractivity contribution in [2.24, 2.45) is 0 Å². The molecule has 5 nitrogen and oxygen atoms in total. The Morgan fingerprint density at radius 2 is 2.32 bits per heavy atom. The molecule has 1 saturated heterocycles. The third-order valence-electron chi connectivity index (χ3n) is 3.73. The van der Waals surface area contributed by atoms with E-state index in [1.54, 1.807) is 11.3 Å². The van der Waals surface area contributed by atoms with Crippen molar-refractivity contribution >= 4 is 17.2 Å². The van der Waals surface area contributed by atoms with Gasteiger partial charge in [-0.25, -0.2) is 0 Å². The molecule has 1 aliphatic heterocycles. The van der Waals surface area contributed by atoms with Gasteiger partial charge in [0.1, 0.15) is 6.10 Å². The Morgan fingerprint density at radius 3 is 3.05 bits per heavy atom. The second-order valence-corrected chi connectivity index (χ2v) is 6.32. The summed E-state index contributed by atoms with van der Waals surface area (Å²) in [6, 6.07) is 5.71. The molecule has 0 radical (unpaired) electrons. The molecule has 0 bridgehead atoms. The molecule has 0 saturated carbocycles. The summed E-state index contributed by atoms with van der Waals surface area (Å²) >= 11 is 1.62. The zero-order chi connectivity index (χ0) is 15.4. The topological polar surface area (TPSA) is 55.3 Å². The van der Waals surface area contributed by atoms with Crippen LogP contribution < -0.4 is 4.74 Å². The van der Waals surface area contributed by atoms with Gasteiger partial charge in [-0.05, 0) is 48.2 Å². The molecule has 0 aliphatic carbocycles. The average Bonchev–Trinajstić information content (AvgIpc) is 3.03. The molecule has 22 heavy (non-hydrogen) atoms. The molecule has 0 spiro atoms. The van der Waals surface area contributed by atoms with Gasteiger partial charge in [0.05, 0.1) is 18.7 Å². The number of rotatable bonds is 4. The highest BCUT2D eigenvalue weighted by Gasteiger charge is 2.25. The fourth-order valence-electron chi connectivity index (χ4n) is 2.56. The Balaban J connectivity index is 1.56. The van der Waals surface area contributed by atoms with Crippen LogP contribution in [0.4, 0.5) is 0 Å². The van der Waals surface area contributed by atoms with E-state index in [4.69, 9.17) is 4.74 Å². The van der Waals surface area contributed by atoms with Gasteiger partial charge in [0.2, 0.25) is 11.8 Å². The number of hydrogen-bond donors (Lipinski definition) is 0. The maximum absolute atomic E-state index is 12.4. The van der Waals surface area contributed by atoms with E-state index in [1.165, 1.54) is 0 Å². The van der Waals surface area contributed by atoms with Gasteiger partial charge in [0, 0.05) is 12.6 Å². The predicted octanol–water partition coefficient (Wildman–Crippen LogP) is 2.46. The van der Waals surface area contributed by atoms with Gasteiger partial charge in [-0.3, -0.25) is 4.79 Å². The van der Waals surface area contributed by atoms with Crippen LogP contribution in [0.15, 0.2) is 29.0 Å². The minimum absolute atomic E-state index is 0.00261. The smallest absolute Gasteiger partial charge is 0.233 e. The highest BCUT2D eigenvalue weighted by molar-refractivity contribution is 7.07. The van der Waals surface area contributed by atoms with Crippen LogP contribution in [0, 0.1) is 6.92 Å². The molecule has 2 aromatic rings. The van der Waals surface area contributed by atoms with E-state index in [0.717, 1.165) is 30.6 Å². The van der Waals surface area contributed by atoms with Crippen LogP contribution in [0.2, 0.25) is 0 Å². The monoisotopic (exact) mass is 317 g/mol. The molecule has 3 heterocycles. The number of thiophene rings is 1. The Hall–Kier alpha value is -1.95. The first-order valence-electron chi connectivity index (χ1n) is 7.46. The predicted molar refractivity (Wildman–Crippen MR) is 85.0 cm³/mol. The van der Waals surface area contributed by atoms with Crippen LogP contribution in [0.3, 0.4) is 0 Å². The summed E-state index contributed by atoms with van der Waals surface area (Å²) in [5, 5.41) is 12.0. The quantitative estimate of drug-likeness (QED) is 0.869. The molecule has 1 aliphatic rings. The first-order chi connectivity index (χ1) is 10.7. The summed E-state index contributed by atoms with van der Waals surface area (Å²) in [5.41, 5.74) is 1.95. The molecular formula is C16H19N3O2S. The number of carbonyl (C=O) groups excluding carboxylic acids is 1. The first-order valence-corrected chi connectivity index (χ1v) is 8.41. The van der Waals surface area contributed by atoms with Gasteiger partial charge in [0.15, 0.2) is 0 Å². The molecule has 1 atom stereocenters. The highest BCUT2D eigenvalue weighted by atomic mass is 32.1. The maximum Gasteiger partial charge on any atom is 0.233 e. The van der Waals surface area contributed by atoms with Gasteiger partial charge in [-0.15, -0.1) is 5.10 Å². The number of hydrogen-bond acceptors (Lipinski definition) is 5. The van der Waals surface area contributed by atoms with Crippen LogP contribution in [-0.2, 0) is 11.2 Å². The van der Waals surface area contributed by atoms with E-state index >= 15 is 0 Å². The molecule has 6 heteroatoms.